The quantitative estimate of drug-likeness (QED) is 0.779. The van der Waals surface area contributed by atoms with Crippen molar-refractivity contribution in [2.75, 3.05) is 13.1 Å². The zero-order valence-corrected chi connectivity index (χ0v) is 9.87. The molecule has 0 bridgehead atoms. The fraction of sp³-hybridized carbons (Fsp3) is 0.417. The monoisotopic (exact) mass is 249 g/mol. The molecule has 2 N–H and O–H groups in total. The van der Waals surface area contributed by atoms with E-state index >= 15 is 0 Å². The van der Waals surface area contributed by atoms with Crippen LogP contribution in [0.5, 0.6) is 0 Å². The summed E-state index contributed by atoms with van der Waals surface area (Å²) in [5, 5.41) is 11.5. The number of carboxylic acid groups (broad SMARTS) is 1. The SMILES string of the molecule is O=C1CCN(Cc2ccccn2)CC(C(=O)O)N1. The number of amides is 1. The van der Waals surface area contributed by atoms with Crippen molar-refractivity contribution >= 4 is 11.9 Å². The van der Waals surface area contributed by atoms with Gasteiger partial charge in [-0.2, -0.15) is 0 Å². The van der Waals surface area contributed by atoms with E-state index in [1.54, 1.807) is 6.20 Å². The fourth-order valence-corrected chi connectivity index (χ4v) is 1.93. The minimum Gasteiger partial charge on any atom is -0.480 e. The second-order valence-corrected chi connectivity index (χ2v) is 4.26. The first-order valence-electron chi connectivity index (χ1n) is 5.79. The van der Waals surface area contributed by atoms with E-state index < -0.39 is 12.0 Å². The molecule has 0 aliphatic carbocycles. The molecule has 1 aromatic rings. The predicted molar refractivity (Wildman–Crippen MR) is 63.7 cm³/mol. The van der Waals surface area contributed by atoms with E-state index in [0.29, 0.717) is 26.1 Å². The minimum atomic E-state index is -1.00. The van der Waals surface area contributed by atoms with E-state index in [1.807, 2.05) is 23.1 Å². The van der Waals surface area contributed by atoms with Gasteiger partial charge < -0.3 is 10.4 Å². The Kier molecular flexibility index (Phi) is 3.88. The molecule has 1 unspecified atom stereocenters. The first kappa shape index (κ1) is 12.5. The van der Waals surface area contributed by atoms with Crippen LogP contribution in [0.3, 0.4) is 0 Å². The molecule has 0 radical (unpaired) electrons. The van der Waals surface area contributed by atoms with Gasteiger partial charge >= 0.3 is 5.97 Å². The van der Waals surface area contributed by atoms with Crippen molar-refractivity contribution in [1.82, 2.24) is 15.2 Å². The lowest BCUT2D eigenvalue weighted by Gasteiger charge is -2.21. The molecule has 2 heterocycles. The predicted octanol–water partition coefficient (Wildman–Crippen LogP) is -0.143. The highest BCUT2D eigenvalue weighted by Crippen LogP contribution is 2.07. The minimum absolute atomic E-state index is 0.217. The van der Waals surface area contributed by atoms with Crippen LogP contribution in [0.15, 0.2) is 24.4 Å². The number of carbonyl (C=O) groups is 2. The van der Waals surface area contributed by atoms with Gasteiger partial charge in [-0.05, 0) is 12.1 Å². The van der Waals surface area contributed by atoms with Gasteiger partial charge in [0.25, 0.3) is 0 Å². The molecular formula is C12H15N3O3. The molecule has 1 fully saturated rings. The molecule has 0 spiro atoms. The molecule has 0 saturated carbocycles. The maximum Gasteiger partial charge on any atom is 0.327 e. The lowest BCUT2D eigenvalue weighted by atomic mass is 10.2. The summed E-state index contributed by atoms with van der Waals surface area (Å²) in [6.07, 6.45) is 2.02. The highest BCUT2D eigenvalue weighted by Gasteiger charge is 2.26. The molecule has 2 rings (SSSR count). The summed E-state index contributed by atoms with van der Waals surface area (Å²) in [6.45, 7) is 1.41. The van der Waals surface area contributed by atoms with Crippen LogP contribution < -0.4 is 5.32 Å². The van der Waals surface area contributed by atoms with Gasteiger partial charge in [0, 0.05) is 32.3 Å². The zero-order valence-electron chi connectivity index (χ0n) is 9.87. The zero-order chi connectivity index (χ0) is 13.0. The van der Waals surface area contributed by atoms with E-state index in [0.717, 1.165) is 5.69 Å². The largest absolute Gasteiger partial charge is 0.480 e. The number of hydrogen-bond acceptors (Lipinski definition) is 4. The van der Waals surface area contributed by atoms with Gasteiger partial charge in [0.1, 0.15) is 6.04 Å². The number of rotatable bonds is 3. The van der Waals surface area contributed by atoms with Crippen molar-refractivity contribution < 1.29 is 14.7 Å². The molecule has 1 aliphatic heterocycles. The summed E-state index contributed by atoms with van der Waals surface area (Å²) in [7, 11) is 0. The van der Waals surface area contributed by atoms with Gasteiger partial charge in [0.2, 0.25) is 5.91 Å². The van der Waals surface area contributed by atoms with Crippen molar-refractivity contribution in [3.05, 3.63) is 30.1 Å². The van der Waals surface area contributed by atoms with Crippen LogP contribution in [0, 0.1) is 0 Å². The molecule has 1 aromatic heterocycles. The van der Waals surface area contributed by atoms with E-state index in [2.05, 4.69) is 10.3 Å². The number of aliphatic carboxylic acids is 1. The average molecular weight is 249 g/mol. The molecule has 6 heteroatoms. The summed E-state index contributed by atoms with van der Waals surface area (Å²) in [5.41, 5.74) is 0.871. The molecule has 1 atom stereocenters. The second kappa shape index (κ2) is 5.59. The fourth-order valence-electron chi connectivity index (χ4n) is 1.93. The number of aromatic nitrogens is 1. The standard InChI is InChI=1S/C12H15N3O3/c16-11-4-6-15(8-10(14-11)12(17)18)7-9-3-1-2-5-13-9/h1-3,5,10H,4,6-8H2,(H,14,16)(H,17,18). The third-order valence-corrected chi connectivity index (χ3v) is 2.84. The lowest BCUT2D eigenvalue weighted by Crippen LogP contribution is -2.44. The number of nitrogens with zero attached hydrogens (tertiary/aromatic N) is 2. The Balaban J connectivity index is 2.03. The van der Waals surface area contributed by atoms with Gasteiger partial charge in [-0.15, -0.1) is 0 Å². The van der Waals surface area contributed by atoms with Gasteiger partial charge in [0.15, 0.2) is 0 Å². The van der Waals surface area contributed by atoms with E-state index in [9.17, 15) is 9.59 Å². The average Bonchev–Trinajstić information content (AvgIpc) is 2.53. The van der Waals surface area contributed by atoms with Crippen LogP contribution in [0.1, 0.15) is 12.1 Å². The summed E-state index contributed by atoms with van der Waals surface area (Å²) < 4.78 is 0. The molecule has 1 aliphatic rings. The number of carboxylic acids is 1. The van der Waals surface area contributed by atoms with Crippen LogP contribution in [-0.2, 0) is 16.1 Å². The van der Waals surface area contributed by atoms with Crippen LogP contribution in [-0.4, -0.2) is 46.0 Å². The molecule has 0 aromatic carbocycles. The number of nitrogens with one attached hydrogen (secondary N) is 1. The second-order valence-electron chi connectivity index (χ2n) is 4.26. The highest BCUT2D eigenvalue weighted by molar-refractivity contribution is 5.84. The van der Waals surface area contributed by atoms with Crippen molar-refractivity contribution in [3.8, 4) is 0 Å². The van der Waals surface area contributed by atoms with Crippen molar-refractivity contribution in [3.63, 3.8) is 0 Å². The molecule has 96 valence electrons. The van der Waals surface area contributed by atoms with Gasteiger partial charge in [-0.1, -0.05) is 6.07 Å². The van der Waals surface area contributed by atoms with E-state index in [4.69, 9.17) is 5.11 Å². The van der Waals surface area contributed by atoms with Crippen LogP contribution in [0.4, 0.5) is 0 Å². The number of hydrogen-bond donors (Lipinski definition) is 2. The number of pyridine rings is 1. The molecule has 6 nitrogen and oxygen atoms in total. The van der Waals surface area contributed by atoms with Crippen molar-refractivity contribution in [2.45, 2.75) is 19.0 Å². The topological polar surface area (TPSA) is 82.5 Å². The van der Waals surface area contributed by atoms with Gasteiger partial charge in [-0.25, -0.2) is 4.79 Å². The molecule has 1 saturated heterocycles. The molecule has 18 heavy (non-hydrogen) atoms. The Morgan fingerprint density at radius 2 is 2.39 bits per heavy atom. The number of carbonyl (C=O) groups excluding carboxylic acids is 1. The molecular weight excluding hydrogens is 234 g/mol. The smallest absolute Gasteiger partial charge is 0.327 e. The Hall–Kier alpha value is -1.95. The van der Waals surface area contributed by atoms with E-state index in [-0.39, 0.29) is 5.91 Å². The maximum absolute atomic E-state index is 11.4. The Labute approximate surface area is 105 Å². The van der Waals surface area contributed by atoms with E-state index in [1.165, 1.54) is 0 Å². The summed E-state index contributed by atoms with van der Waals surface area (Å²) in [6, 6.07) is 4.76. The third kappa shape index (κ3) is 3.27. The maximum atomic E-state index is 11.4. The lowest BCUT2D eigenvalue weighted by molar-refractivity contribution is -0.141. The first-order chi connectivity index (χ1) is 8.65. The Morgan fingerprint density at radius 1 is 1.56 bits per heavy atom. The highest BCUT2D eigenvalue weighted by atomic mass is 16.4. The third-order valence-electron chi connectivity index (χ3n) is 2.84. The Bertz CT molecular complexity index is 435. The van der Waals surface area contributed by atoms with Crippen molar-refractivity contribution in [2.24, 2.45) is 0 Å². The summed E-state index contributed by atoms with van der Waals surface area (Å²) in [5.74, 6) is -1.22. The van der Waals surface area contributed by atoms with Gasteiger partial charge in [0.05, 0.1) is 5.69 Å². The van der Waals surface area contributed by atoms with Crippen LogP contribution in [0.25, 0.3) is 0 Å². The Morgan fingerprint density at radius 3 is 3.06 bits per heavy atom. The summed E-state index contributed by atoms with van der Waals surface area (Å²) >= 11 is 0. The van der Waals surface area contributed by atoms with Crippen LogP contribution in [0.2, 0.25) is 0 Å². The van der Waals surface area contributed by atoms with Gasteiger partial charge in [-0.3, -0.25) is 14.7 Å². The van der Waals surface area contributed by atoms with Crippen molar-refractivity contribution in [1.29, 1.82) is 0 Å². The summed E-state index contributed by atoms with van der Waals surface area (Å²) in [4.78, 5) is 28.5. The van der Waals surface area contributed by atoms with Crippen LogP contribution >= 0.6 is 0 Å². The molecule has 1 amide bonds. The first-order valence-corrected chi connectivity index (χ1v) is 5.79. The normalized spacial score (nSPS) is 21.1.